The molecular formula is C14H21N3O2S2. The fraction of sp³-hybridized carbons (Fsp3) is 0.500. The lowest BCUT2D eigenvalue weighted by Crippen LogP contribution is -2.53. The van der Waals surface area contributed by atoms with E-state index in [-0.39, 0.29) is 6.04 Å². The van der Waals surface area contributed by atoms with Gasteiger partial charge >= 0.3 is 0 Å². The zero-order valence-electron chi connectivity index (χ0n) is 12.3. The van der Waals surface area contributed by atoms with Crippen LogP contribution in [0.2, 0.25) is 0 Å². The van der Waals surface area contributed by atoms with Crippen molar-refractivity contribution in [1.82, 2.24) is 9.21 Å². The number of thiocarbonyl (C=S) groups is 1. The number of hydrogen-bond acceptors (Lipinski definition) is 4. The second-order valence-corrected chi connectivity index (χ2v) is 7.74. The largest absolute Gasteiger partial charge is 0.392 e. The van der Waals surface area contributed by atoms with Crippen LogP contribution in [0.15, 0.2) is 29.2 Å². The quantitative estimate of drug-likeness (QED) is 0.835. The smallest absolute Gasteiger partial charge is 0.243 e. The van der Waals surface area contributed by atoms with Crippen molar-refractivity contribution in [2.24, 2.45) is 5.73 Å². The van der Waals surface area contributed by atoms with E-state index in [9.17, 15) is 8.42 Å². The van der Waals surface area contributed by atoms with Gasteiger partial charge in [0.05, 0.1) is 15.9 Å². The molecule has 1 fully saturated rings. The predicted molar refractivity (Wildman–Crippen MR) is 87.8 cm³/mol. The Balaban J connectivity index is 2.07. The minimum absolute atomic E-state index is 0.00392. The SMILES string of the molecule is Cc1ccc(S(=O)(=O)N2CCN(C(C)C(N)=S)CC2)cc1. The number of sulfonamides is 1. The molecule has 1 heterocycles. The normalized spacial score (nSPS) is 19.3. The van der Waals surface area contributed by atoms with Crippen molar-refractivity contribution in [3.8, 4) is 0 Å². The molecule has 0 aromatic heterocycles. The first kappa shape index (κ1) is 16.4. The lowest BCUT2D eigenvalue weighted by molar-refractivity contribution is 0.175. The van der Waals surface area contributed by atoms with E-state index in [4.69, 9.17) is 18.0 Å². The van der Waals surface area contributed by atoms with E-state index in [1.54, 1.807) is 12.1 Å². The van der Waals surface area contributed by atoms with E-state index in [0.717, 1.165) is 5.56 Å². The maximum absolute atomic E-state index is 12.6. The molecule has 0 saturated carbocycles. The lowest BCUT2D eigenvalue weighted by atomic mass is 10.2. The van der Waals surface area contributed by atoms with Crippen molar-refractivity contribution in [3.63, 3.8) is 0 Å². The average Bonchev–Trinajstić information content (AvgIpc) is 2.47. The summed E-state index contributed by atoms with van der Waals surface area (Å²) in [4.78, 5) is 2.91. The number of nitrogens with two attached hydrogens (primary N) is 1. The zero-order valence-corrected chi connectivity index (χ0v) is 14.0. The molecule has 21 heavy (non-hydrogen) atoms. The first-order valence-corrected chi connectivity index (χ1v) is 8.77. The van der Waals surface area contributed by atoms with E-state index in [1.807, 2.05) is 26.0 Å². The summed E-state index contributed by atoms with van der Waals surface area (Å²) in [6.45, 7) is 6.10. The van der Waals surface area contributed by atoms with Gasteiger partial charge in [0.25, 0.3) is 0 Å². The summed E-state index contributed by atoms with van der Waals surface area (Å²) < 4.78 is 26.7. The first-order valence-electron chi connectivity index (χ1n) is 6.92. The topological polar surface area (TPSA) is 66.6 Å². The van der Waals surface area contributed by atoms with Crippen LogP contribution in [0.25, 0.3) is 0 Å². The average molecular weight is 327 g/mol. The summed E-state index contributed by atoms with van der Waals surface area (Å²) in [5.74, 6) is 0. The molecule has 1 aliphatic heterocycles. The lowest BCUT2D eigenvalue weighted by Gasteiger charge is -2.36. The van der Waals surface area contributed by atoms with Crippen LogP contribution in [0, 0.1) is 6.92 Å². The second-order valence-electron chi connectivity index (χ2n) is 5.33. The Morgan fingerprint density at radius 3 is 2.19 bits per heavy atom. The van der Waals surface area contributed by atoms with Gasteiger partial charge in [-0.2, -0.15) is 4.31 Å². The predicted octanol–water partition coefficient (Wildman–Crippen LogP) is 0.976. The maximum Gasteiger partial charge on any atom is 0.243 e. The summed E-state index contributed by atoms with van der Waals surface area (Å²) in [7, 11) is -3.41. The van der Waals surface area contributed by atoms with Gasteiger partial charge in [0.15, 0.2) is 0 Å². The van der Waals surface area contributed by atoms with E-state index in [2.05, 4.69) is 4.90 Å². The highest BCUT2D eigenvalue weighted by Gasteiger charge is 2.30. The van der Waals surface area contributed by atoms with Crippen LogP contribution < -0.4 is 5.73 Å². The Morgan fingerprint density at radius 2 is 1.71 bits per heavy atom. The first-order chi connectivity index (χ1) is 9.82. The highest BCUT2D eigenvalue weighted by molar-refractivity contribution is 7.89. The van der Waals surface area contributed by atoms with Gasteiger partial charge in [-0.25, -0.2) is 8.42 Å². The Labute approximate surface area is 131 Å². The molecule has 1 saturated heterocycles. The van der Waals surface area contributed by atoms with Crippen molar-refractivity contribution >= 4 is 27.2 Å². The Kier molecular flexibility index (Phi) is 4.98. The molecule has 0 amide bonds. The molecule has 116 valence electrons. The van der Waals surface area contributed by atoms with Gasteiger partial charge < -0.3 is 5.73 Å². The van der Waals surface area contributed by atoms with E-state index in [1.165, 1.54) is 4.31 Å². The van der Waals surface area contributed by atoms with Gasteiger partial charge in [-0.05, 0) is 26.0 Å². The van der Waals surface area contributed by atoms with Gasteiger partial charge in [0.2, 0.25) is 10.0 Å². The summed E-state index contributed by atoms with van der Waals surface area (Å²) in [5.41, 5.74) is 6.70. The summed E-state index contributed by atoms with van der Waals surface area (Å²) >= 11 is 4.99. The Hall–Kier alpha value is -1.02. The van der Waals surface area contributed by atoms with Crippen LogP contribution >= 0.6 is 12.2 Å². The summed E-state index contributed by atoms with van der Waals surface area (Å²) in [6.07, 6.45) is 0. The molecule has 2 rings (SSSR count). The third-order valence-electron chi connectivity index (χ3n) is 3.89. The van der Waals surface area contributed by atoms with Gasteiger partial charge in [-0.1, -0.05) is 29.9 Å². The molecule has 1 aromatic carbocycles. The molecule has 0 spiro atoms. The third-order valence-corrected chi connectivity index (χ3v) is 6.15. The van der Waals surface area contributed by atoms with Crippen molar-refractivity contribution in [1.29, 1.82) is 0 Å². The third kappa shape index (κ3) is 3.60. The van der Waals surface area contributed by atoms with E-state index >= 15 is 0 Å². The minimum atomic E-state index is -3.41. The minimum Gasteiger partial charge on any atom is -0.392 e. The molecule has 2 N–H and O–H groups in total. The Bertz CT molecular complexity index is 606. The molecule has 1 atom stereocenters. The molecule has 0 radical (unpaired) electrons. The van der Waals surface area contributed by atoms with Crippen LogP contribution in [0.5, 0.6) is 0 Å². The molecule has 1 aliphatic rings. The number of rotatable bonds is 4. The van der Waals surface area contributed by atoms with Crippen LogP contribution in [0.3, 0.4) is 0 Å². The molecule has 0 aliphatic carbocycles. The highest BCUT2D eigenvalue weighted by atomic mass is 32.2. The van der Waals surface area contributed by atoms with Gasteiger partial charge in [0, 0.05) is 26.2 Å². The maximum atomic E-state index is 12.6. The van der Waals surface area contributed by atoms with Crippen LogP contribution in [0.1, 0.15) is 12.5 Å². The standard InChI is InChI=1S/C14H21N3O2S2/c1-11-3-5-13(6-4-11)21(18,19)17-9-7-16(8-10-17)12(2)14(15)20/h3-6,12H,7-10H2,1-2H3,(H2,15,20). The van der Waals surface area contributed by atoms with Crippen molar-refractivity contribution in [2.75, 3.05) is 26.2 Å². The summed E-state index contributed by atoms with van der Waals surface area (Å²) in [5, 5.41) is 0. The highest BCUT2D eigenvalue weighted by Crippen LogP contribution is 2.18. The fourth-order valence-electron chi connectivity index (χ4n) is 2.37. The number of aryl methyl sites for hydroxylation is 1. The molecule has 7 heteroatoms. The molecule has 5 nitrogen and oxygen atoms in total. The Morgan fingerprint density at radius 1 is 1.19 bits per heavy atom. The fourth-order valence-corrected chi connectivity index (χ4v) is 3.94. The van der Waals surface area contributed by atoms with Crippen LogP contribution in [-0.4, -0.2) is 54.8 Å². The number of benzene rings is 1. The number of nitrogens with zero attached hydrogens (tertiary/aromatic N) is 2. The molecular weight excluding hydrogens is 306 g/mol. The molecule has 0 bridgehead atoms. The monoisotopic (exact) mass is 327 g/mol. The molecule has 1 aromatic rings. The summed E-state index contributed by atoms with van der Waals surface area (Å²) in [6, 6.07) is 6.96. The zero-order chi connectivity index (χ0) is 15.6. The second kappa shape index (κ2) is 6.39. The van der Waals surface area contributed by atoms with Crippen molar-refractivity contribution < 1.29 is 8.42 Å². The van der Waals surface area contributed by atoms with E-state index < -0.39 is 10.0 Å². The van der Waals surface area contributed by atoms with Crippen molar-refractivity contribution in [2.45, 2.75) is 24.8 Å². The van der Waals surface area contributed by atoms with Gasteiger partial charge in [-0.3, -0.25) is 4.90 Å². The van der Waals surface area contributed by atoms with Crippen LogP contribution in [-0.2, 0) is 10.0 Å². The van der Waals surface area contributed by atoms with Gasteiger partial charge in [0.1, 0.15) is 0 Å². The number of piperazine rings is 1. The molecule has 1 unspecified atom stereocenters. The van der Waals surface area contributed by atoms with Crippen molar-refractivity contribution in [3.05, 3.63) is 29.8 Å². The number of hydrogen-bond donors (Lipinski definition) is 1. The van der Waals surface area contributed by atoms with Crippen LogP contribution in [0.4, 0.5) is 0 Å². The van der Waals surface area contributed by atoms with E-state index in [0.29, 0.717) is 36.1 Å². The van der Waals surface area contributed by atoms with Gasteiger partial charge in [-0.15, -0.1) is 0 Å².